The van der Waals surface area contributed by atoms with Crippen molar-refractivity contribution in [2.24, 2.45) is 0 Å². The van der Waals surface area contributed by atoms with Crippen molar-refractivity contribution in [3.05, 3.63) is 52.0 Å². The molecule has 3 rings (SSSR count). The first-order chi connectivity index (χ1) is 11.0. The summed E-state index contributed by atoms with van der Waals surface area (Å²) in [5.41, 5.74) is 1.29. The summed E-state index contributed by atoms with van der Waals surface area (Å²) in [4.78, 5) is 24.3. The molecule has 0 aliphatic carbocycles. The second-order valence-corrected chi connectivity index (χ2v) is 5.98. The highest BCUT2D eigenvalue weighted by atomic mass is 79.9. The zero-order valence-corrected chi connectivity index (χ0v) is 14.0. The molecule has 5 nitrogen and oxygen atoms in total. The first kappa shape index (κ1) is 15.6. The van der Waals surface area contributed by atoms with Crippen LogP contribution in [-0.4, -0.2) is 24.9 Å². The smallest absolute Gasteiger partial charge is 0.255 e. The molecule has 0 bridgehead atoms. The van der Waals surface area contributed by atoms with Crippen LogP contribution in [-0.2, 0) is 0 Å². The molecule has 1 aliphatic rings. The van der Waals surface area contributed by atoms with Crippen molar-refractivity contribution in [1.29, 1.82) is 0 Å². The molecule has 0 fully saturated rings. The lowest BCUT2D eigenvalue weighted by Gasteiger charge is -2.20. The standard InChI is InChI=1S/C17H14BrNO4/c1-10(20)13-8-15-16(23-6-5-22-15)9-14(13)19-17(21)11-3-2-4-12(18)7-11/h2-4,7-9H,5-6H2,1H3,(H,19,21). The third-order valence-corrected chi connectivity index (χ3v) is 3.89. The van der Waals surface area contributed by atoms with Gasteiger partial charge in [-0.05, 0) is 31.2 Å². The molecule has 0 saturated carbocycles. The highest BCUT2D eigenvalue weighted by molar-refractivity contribution is 9.10. The lowest BCUT2D eigenvalue weighted by Crippen LogP contribution is -2.18. The van der Waals surface area contributed by atoms with Crippen molar-refractivity contribution in [2.75, 3.05) is 18.5 Å². The number of hydrogen-bond donors (Lipinski definition) is 1. The molecule has 0 atom stereocenters. The maximum atomic E-state index is 12.4. The molecule has 2 aromatic rings. The molecule has 1 N–H and O–H groups in total. The molecule has 6 heteroatoms. The van der Waals surface area contributed by atoms with E-state index in [9.17, 15) is 9.59 Å². The number of halogens is 1. The molecule has 118 valence electrons. The van der Waals surface area contributed by atoms with E-state index in [-0.39, 0.29) is 11.7 Å². The zero-order chi connectivity index (χ0) is 16.4. The number of amides is 1. The van der Waals surface area contributed by atoms with E-state index in [1.165, 1.54) is 6.92 Å². The van der Waals surface area contributed by atoms with Crippen LogP contribution in [0.25, 0.3) is 0 Å². The average Bonchev–Trinajstić information content (AvgIpc) is 2.54. The first-order valence-electron chi connectivity index (χ1n) is 7.06. The minimum atomic E-state index is -0.300. The molecule has 0 unspecified atom stereocenters. The second kappa shape index (κ2) is 6.42. The maximum Gasteiger partial charge on any atom is 0.255 e. The van der Waals surface area contributed by atoms with Crippen LogP contribution in [0.1, 0.15) is 27.6 Å². The Morgan fingerprint density at radius 2 is 1.78 bits per heavy atom. The quantitative estimate of drug-likeness (QED) is 0.831. The molecule has 0 radical (unpaired) electrons. The summed E-state index contributed by atoms with van der Waals surface area (Å²) in [6, 6.07) is 10.2. The van der Waals surface area contributed by atoms with Crippen LogP contribution >= 0.6 is 15.9 Å². The fourth-order valence-electron chi connectivity index (χ4n) is 2.31. The van der Waals surface area contributed by atoms with Crippen molar-refractivity contribution in [3.8, 4) is 11.5 Å². The predicted octanol–water partition coefficient (Wildman–Crippen LogP) is 3.68. The Morgan fingerprint density at radius 3 is 2.43 bits per heavy atom. The predicted molar refractivity (Wildman–Crippen MR) is 89.5 cm³/mol. The SMILES string of the molecule is CC(=O)c1cc2c(cc1NC(=O)c1cccc(Br)c1)OCCO2. The number of hydrogen-bond acceptors (Lipinski definition) is 4. The largest absolute Gasteiger partial charge is 0.486 e. The molecule has 2 aromatic carbocycles. The second-order valence-electron chi connectivity index (χ2n) is 5.06. The maximum absolute atomic E-state index is 12.4. The molecular formula is C17H14BrNO4. The van der Waals surface area contributed by atoms with Gasteiger partial charge < -0.3 is 14.8 Å². The summed E-state index contributed by atoms with van der Waals surface area (Å²) in [6.07, 6.45) is 0. The van der Waals surface area contributed by atoms with E-state index in [1.807, 2.05) is 6.07 Å². The monoisotopic (exact) mass is 375 g/mol. The van der Waals surface area contributed by atoms with Gasteiger partial charge in [-0.2, -0.15) is 0 Å². The summed E-state index contributed by atoms with van der Waals surface area (Å²) in [5, 5.41) is 2.77. The van der Waals surface area contributed by atoms with Crippen molar-refractivity contribution in [2.45, 2.75) is 6.92 Å². The van der Waals surface area contributed by atoms with Gasteiger partial charge in [-0.3, -0.25) is 9.59 Å². The fraction of sp³-hybridized carbons (Fsp3) is 0.176. The summed E-state index contributed by atoms with van der Waals surface area (Å²) in [5.74, 6) is 0.574. The number of ketones is 1. The number of rotatable bonds is 3. The van der Waals surface area contributed by atoms with Crippen molar-refractivity contribution < 1.29 is 19.1 Å². The number of Topliss-reactive ketones (excluding diaryl/α,β-unsaturated/α-hetero) is 1. The van der Waals surface area contributed by atoms with Gasteiger partial charge in [-0.1, -0.05) is 22.0 Å². The van der Waals surface area contributed by atoms with Crippen molar-refractivity contribution >= 4 is 33.3 Å². The highest BCUT2D eigenvalue weighted by Crippen LogP contribution is 2.36. The average molecular weight is 376 g/mol. The topological polar surface area (TPSA) is 64.6 Å². The molecule has 23 heavy (non-hydrogen) atoms. The Labute approximate surface area is 141 Å². The van der Waals surface area contributed by atoms with Gasteiger partial charge in [0, 0.05) is 21.7 Å². The van der Waals surface area contributed by atoms with E-state index in [0.29, 0.717) is 41.5 Å². The van der Waals surface area contributed by atoms with Crippen LogP contribution in [0.15, 0.2) is 40.9 Å². The first-order valence-corrected chi connectivity index (χ1v) is 7.85. The van der Waals surface area contributed by atoms with E-state index in [2.05, 4.69) is 21.2 Å². The number of benzene rings is 2. The van der Waals surface area contributed by atoms with Gasteiger partial charge in [0.2, 0.25) is 0 Å². The summed E-state index contributed by atoms with van der Waals surface area (Å²) < 4.78 is 11.8. The van der Waals surface area contributed by atoms with Crippen LogP contribution in [0.4, 0.5) is 5.69 Å². The molecular weight excluding hydrogens is 362 g/mol. The van der Waals surface area contributed by atoms with Crippen LogP contribution in [0, 0.1) is 0 Å². The van der Waals surface area contributed by atoms with Crippen molar-refractivity contribution in [3.63, 3.8) is 0 Å². The van der Waals surface area contributed by atoms with E-state index >= 15 is 0 Å². The Morgan fingerprint density at radius 1 is 1.09 bits per heavy atom. The zero-order valence-electron chi connectivity index (χ0n) is 12.4. The number of ether oxygens (including phenoxy) is 2. The summed E-state index contributed by atoms with van der Waals surface area (Å²) in [7, 11) is 0. The summed E-state index contributed by atoms with van der Waals surface area (Å²) in [6.45, 7) is 2.32. The summed E-state index contributed by atoms with van der Waals surface area (Å²) >= 11 is 3.33. The van der Waals surface area contributed by atoms with E-state index in [0.717, 1.165) is 4.47 Å². The Hall–Kier alpha value is -2.34. The highest BCUT2D eigenvalue weighted by Gasteiger charge is 2.19. The van der Waals surface area contributed by atoms with E-state index < -0.39 is 0 Å². The number of carbonyl (C=O) groups is 2. The number of fused-ring (bicyclic) bond motifs is 1. The van der Waals surface area contributed by atoms with Crippen molar-refractivity contribution in [1.82, 2.24) is 0 Å². The van der Waals surface area contributed by atoms with Crippen LogP contribution < -0.4 is 14.8 Å². The van der Waals surface area contributed by atoms with Gasteiger partial charge in [0.15, 0.2) is 17.3 Å². The normalized spacial score (nSPS) is 12.6. The number of anilines is 1. The van der Waals surface area contributed by atoms with Gasteiger partial charge in [0.25, 0.3) is 5.91 Å². The Kier molecular flexibility index (Phi) is 4.34. The van der Waals surface area contributed by atoms with Crippen LogP contribution in [0.5, 0.6) is 11.5 Å². The minimum absolute atomic E-state index is 0.161. The third-order valence-electron chi connectivity index (χ3n) is 3.40. The Balaban J connectivity index is 1.95. The molecule has 1 aliphatic heterocycles. The lowest BCUT2D eigenvalue weighted by atomic mass is 10.1. The van der Waals surface area contributed by atoms with Gasteiger partial charge in [0.05, 0.1) is 5.69 Å². The fourth-order valence-corrected chi connectivity index (χ4v) is 2.71. The molecule has 0 aromatic heterocycles. The minimum Gasteiger partial charge on any atom is -0.486 e. The van der Waals surface area contributed by atoms with Crippen LogP contribution in [0.2, 0.25) is 0 Å². The van der Waals surface area contributed by atoms with Crippen LogP contribution in [0.3, 0.4) is 0 Å². The molecule has 1 amide bonds. The lowest BCUT2D eigenvalue weighted by molar-refractivity contribution is 0.101. The van der Waals surface area contributed by atoms with Gasteiger partial charge in [-0.25, -0.2) is 0 Å². The molecule has 0 spiro atoms. The van der Waals surface area contributed by atoms with Gasteiger partial charge >= 0.3 is 0 Å². The van der Waals surface area contributed by atoms with E-state index in [1.54, 1.807) is 30.3 Å². The molecule has 0 saturated heterocycles. The van der Waals surface area contributed by atoms with Gasteiger partial charge in [0.1, 0.15) is 13.2 Å². The number of carbonyl (C=O) groups excluding carboxylic acids is 2. The third kappa shape index (κ3) is 3.37. The van der Waals surface area contributed by atoms with E-state index in [4.69, 9.17) is 9.47 Å². The Bertz CT molecular complexity index is 788. The molecule has 1 heterocycles. The number of nitrogens with one attached hydrogen (secondary N) is 1. The van der Waals surface area contributed by atoms with Gasteiger partial charge in [-0.15, -0.1) is 0 Å².